The highest BCUT2D eigenvalue weighted by atomic mass is 35.5. The maximum absolute atomic E-state index is 5.53. The van der Waals surface area contributed by atoms with Gasteiger partial charge in [0.25, 0.3) is 0 Å². The molecule has 0 fully saturated rings. The summed E-state index contributed by atoms with van der Waals surface area (Å²) in [5, 5.41) is 0. The molecule has 0 aliphatic heterocycles. The molecule has 2 atom stereocenters. The van der Waals surface area contributed by atoms with Gasteiger partial charge in [0.15, 0.2) is 0 Å². The van der Waals surface area contributed by atoms with Crippen molar-refractivity contribution in [1.29, 1.82) is 0 Å². The van der Waals surface area contributed by atoms with Crippen LogP contribution < -0.4 is 0 Å². The number of alkyl halides is 1. The number of halogens is 1. The second-order valence-corrected chi connectivity index (χ2v) is 3.07. The molecule has 12 heavy (non-hydrogen) atoms. The molecule has 0 heterocycles. The van der Waals surface area contributed by atoms with Gasteiger partial charge in [0.1, 0.15) is 0 Å². The van der Waals surface area contributed by atoms with E-state index in [9.17, 15) is 0 Å². The van der Waals surface area contributed by atoms with E-state index in [0.717, 1.165) is 12.8 Å². The van der Waals surface area contributed by atoms with Gasteiger partial charge in [-0.2, -0.15) is 0 Å². The van der Waals surface area contributed by atoms with Crippen LogP contribution in [0.4, 0.5) is 0 Å². The van der Waals surface area contributed by atoms with E-state index >= 15 is 0 Å². The first-order valence-electron chi connectivity index (χ1n) is 4.50. The number of rotatable bonds is 7. The molecule has 1 unspecified atom stereocenters. The molecule has 0 amide bonds. The Balaban J connectivity index is 3.75. The Kier molecular flexibility index (Phi) is 7.98. The van der Waals surface area contributed by atoms with Crippen molar-refractivity contribution in [3.63, 3.8) is 0 Å². The monoisotopic (exact) mass is 194 g/mol. The largest absolute Gasteiger partial charge is 0.379 e. The predicted octanol–water partition coefficient (Wildman–Crippen LogP) is 2.45. The SMILES string of the molecule is CCC(OC)[C@H](CC)OCCCl. The van der Waals surface area contributed by atoms with Crippen molar-refractivity contribution in [2.75, 3.05) is 19.6 Å². The zero-order chi connectivity index (χ0) is 9.40. The van der Waals surface area contributed by atoms with Crippen LogP contribution in [0.15, 0.2) is 0 Å². The molecule has 0 radical (unpaired) electrons. The Hall–Kier alpha value is 0.210. The Morgan fingerprint density at radius 3 is 2.08 bits per heavy atom. The first-order valence-corrected chi connectivity index (χ1v) is 5.03. The van der Waals surface area contributed by atoms with E-state index in [2.05, 4.69) is 13.8 Å². The Morgan fingerprint density at radius 2 is 1.75 bits per heavy atom. The van der Waals surface area contributed by atoms with Crippen LogP contribution in [0.3, 0.4) is 0 Å². The molecule has 0 aromatic carbocycles. The minimum Gasteiger partial charge on any atom is -0.379 e. The van der Waals surface area contributed by atoms with Crippen molar-refractivity contribution in [1.82, 2.24) is 0 Å². The van der Waals surface area contributed by atoms with Crippen LogP contribution in [0.5, 0.6) is 0 Å². The first kappa shape index (κ1) is 12.2. The molecule has 2 nitrogen and oxygen atoms in total. The molecule has 3 heteroatoms. The minimum absolute atomic E-state index is 0.193. The molecule has 74 valence electrons. The van der Waals surface area contributed by atoms with Crippen molar-refractivity contribution < 1.29 is 9.47 Å². The molecular formula is C9H19ClO2. The Morgan fingerprint density at radius 1 is 1.17 bits per heavy atom. The van der Waals surface area contributed by atoms with Crippen molar-refractivity contribution in [2.24, 2.45) is 0 Å². The molecule has 0 aromatic rings. The van der Waals surface area contributed by atoms with E-state index < -0.39 is 0 Å². The smallest absolute Gasteiger partial charge is 0.0834 e. The molecule has 0 spiro atoms. The van der Waals surface area contributed by atoms with Crippen molar-refractivity contribution >= 4 is 11.6 Å². The Labute approximate surface area is 80.2 Å². The second-order valence-electron chi connectivity index (χ2n) is 2.69. The molecule has 0 saturated heterocycles. The standard InChI is InChI=1S/C9H19ClO2/c1-4-8(11-3)9(5-2)12-7-6-10/h8-9H,4-7H2,1-3H3/t8?,9-/m0/s1. The summed E-state index contributed by atoms with van der Waals surface area (Å²) in [4.78, 5) is 0. The van der Waals surface area contributed by atoms with Crippen LogP contribution in [0.1, 0.15) is 26.7 Å². The third-order valence-electron chi connectivity index (χ3n) is 1.93. The first-order chi connectivity index (χ1) is 5.79. The lowest BCUT2D eigenvalue weighted by atomic mass is 10.1. The van der Waals surface area contributed by atoms with Crippen molar-refractivity contribution in [3.05, 3.63) is 0 Å². The Bertz CT molecular complexity index is 94.5. The van der Waals surface area contributed by atoms with Gasteiger partial charge in [-0.15, -0.1) is 11.6 Å². The molecule has 0 saturated carbocycles. The van der Waals surface area contributed by atoms with E-state index in [1.807, 2.05) is 0 Å². The van der Waals surface area contributed by atoms with Crippen LogP contribution in [-0.2, 0) is 9.47 Å². The highest BCUT2D eigenvalue weighted by Crippen LogP contribution is 2.10. The maximum atomic E-state index is 5.53. The van der Waals surface area contributed by atoms with Crippen LogP contribution in [-0.4, -0.2) is 31.8 Å². The number of methoxy groups -OCH3 is 1. The number of hydrogen-bond acceptors (Lipinski definition) is 2. The molecule has 0 rings (SSSR count). The van der Waals surface area contributed by atoms with Gasteiger partial charge in [0.05, 0.1) is 18.8 Å². The van der Waals surface area contributed by atoms with E-state index in [1.165, 1.54) is 0 Å². The number of ether oxygens (including phenoxy) is 2. The summed E-state index contributed by atoms with van der Waals surface area (Å²) in [7, 11) is 1.72. The van der Waals surface area contributed by atoms with E-state index in [0.29, 0.717) is 12.5 Å². The van der Waals surface area contributed by atoms with E-state index in [1.54, 1.807) is 7.11 Å². The van der Waals surface area contributed by atoms with Gasteiger partial charge in [-0.05, 0) is 12.8 Å². The van der Waals surface area contributed by atoms with E-state index in [-0.39, 0.29) is 12.2 Å². The van der Waals surface area contributed by atoms with Crippen LogP contribution in [0.25, 0.3) is 0 Å². The summed E-state index contributed by atoms with van der Waals surface area (Å²) in [5.74, 6) is 0.552. The average Bonchev–Trinajstić information content (AvgIpc) is 2.12. The van der Waals surface area contributed by atoms with Crippen LogP contribution >= 0.6 is 11.6 Å². The summed E-state index contributed by atoms with van der Waals surface area (Å²) < 4.78 is 10.8. The van der Waals surface area contributed by atoms with Gasteiger partial charge in [0, 0.05) is 13.0 Å². The van der Waals surface area contributed by atoms with Gasteiger partial charge in [-0.3, -0.25) is 0 Å². The highest BCUT2D eigenvalue weighted by molar-refractivity contribution is 6.17. The van der Waals surface area contributed by atoms with Crippen LogP contribution in [0, 0.1) is 0 Å². The summed E-state index contributed by atoms with van der Waals surface area (Å²) in [6.07, 6.45) is 2.36. The highest BCUT2D eigenvalue weighted by Gasteiger charge is 2.17. The second kappa shape index (κ2) is 7.84. The maximum Gasteiger partial charge on any atom is 0.0834 e. The fourth-order valence-corrected chi connectivity index (χ4v) is 1.35. The fourth-order valence-electron chi connectivity index (χ4n) is 1.27. The lowest BCUT2D eigenvalue weighted by Crippen LogP contribution is -2.30. The fraction of sp³-hybridized carbons (Fsp3) is 1.00. The molecule has 0 aromatic heterocycles. The summed E-state index contributed by atoms with van der Waals surface area (Å²) in [5.41, 5.74) is 0. The number of hydrogen-bond donors (Lipinski definition) is 0. The third kappa shape index (κ3) is 4.29. The molecule has 0 N–H and O–H groups in total. The molecule has 0 bridgehead atoms. The topological polar surface area (TPSA) is 18.5 Å². The lowest BCUT2D eigenvalue weighted by molar-refractivity contribution is -0.0544. The minimum atomic E-state index is 0.193. The summed E-state index contributed by atoms with van der Waals surface area (Å²) in [6.45, 7) is 4.81. The van der Waals surface area contributed by atoms with E-state index in [4.69, 9.17) is 21.1 Å². The zero-order valence-electron chi connectivity index (χ0n) is 8.18. The van der Waals surface area contributed by atoms with Crippen molar-refractivity contribution in [3.8, 4) is 0 Å². The van der Waals surface area contributed by atoms with Gasteiger partial charge in [0.2, 0.25) is 0 Å². The average molecular weight is 195 g/mol. The summed E-state index contributed by atoms with van der Waals surface area (Å²) >= 11 is 5.53. The van der Waals surface area contributed by atoms with Crippen molar-refractivity contribution in [2.45, 2.75) is 38.9 Å². The van der Waals surface area contributed by atoms with Gasteiger partial charge < -0.3 is 9.47 Å². The third-order valence-corrected chi connectivity index (χ3v) is 2.09. The normalized spacial score (nSPS) is 16.0. The molecule has 0 aliphatic carbocycles. The molecule has 0 aliphatic rings. The van der Waals surface area contributed by atoms with Crippen LogP contribution in [0.2, 0.25) is 0 Å². The van der Waals surface area contributed by atoms with Gasteiger partial charge in [-0.1, -0.05) is 13.8 Å². The quantitative estimate of drug-likeness (QED) is 0.580. The lowest BCUT2D eigenvalue weighted by Gasteiger charge is -2.23. The van der Waals surface area contributed by atoms with Gasteiger partial charge in [-0.25, -0.2) is 0 Å². The van der Waals surface area contributed by atoms with Gasteiger partial charge >= 0.3 is 0 Å². The molecular weight excluding hydrogens is 176 g/mol. The zero-order valence-corrected chi connectivity index (χ0v) is 8.93. The summed E-state index contributed by atoms with van der Waals surface area (Å²) in [6, 6.07) is 0. The predicted molar refractivity (Wildman–Crippen MR) is 51.8 cm³/mol.